The molecule has 0 amide bonds. The van der Waals surface area contributed by atoms with E-state index in [1.54, 1.807) is 18.2 Å². The number of ether oxygens (including phenoxy) is 4. The van der Waals surface area contributed by atoms with E-state index in [9.17, 15) is 19.2 Å². The van der Waals surface area contributed by atoms with Gasteiger partial charge in [0, 0.05) is 19.4 Å². The standard InChI is InChI=1S/C30H47NO8/c1-9-20(3)15-26(32)38-24-12-11-22(18-25(24)39-27(33)16-21(4)10-2)17-23(29(35)36-8)31-13-14-37-28(34)19-30(5,6)7/h11-12,18,20-21,23,31H,9-10,13-17,19H2,1-8H3/t20?,21?,23-/m0/s1. The largest absolute Gasteiger partial charge is 0.468 e. The number of benzene rings is 1. The first-order chi connectivity index (χ1) is 18.3. The summed E-state index contributed by atoms with van der Waals surface area (Å²) in [4.78, 5) is 49.4. The first-order valence-corrected chi connectivity index (χ1v) is 13.8. The van der Waals surface area contributed by atoms with Gasteiger partial charge in [-0.3, -0.25) is 19.2 Å². The molecule has 1 aromatic carbocycles. The van der Waals surface area contributed by atoms with E-state index < -0.39 is 23.9 Å². The average molecular weight is 550 g/mol. The highest BCUT2D eigenvalue weighted by Crippen LogP contribution is 2.31. The molecule has 0 aromatic heterocycles. The highest BCUT2D eigenvalue weighted by atomic mass is 16.6. The lowest BCUT2D eigenvalue weighted by Crippen LogP contribution is -2.41. The van der Waals surface area contributed by atoms with Gasteiger partial charge in [0.05, 0.1) is 13.5 Å². The summed E-state index contributed by atoms with van der Waals surface area (Å²) in [6, 6.07) is 4.14. The Morgan fingerprint density at radius 3 is 1.95 bits per heavy atom. The second-order valence-corrected chi connectivity index (χ2v) is 11.4. The Hall–Kier alpha value is -2.94. The molecular formula is C30H47NO8. The van der Waals surface area contributed by atoms with Crippen LogP contribution in [-0.4, -0.2) is 50.2 Å². The summed E-state index contributed by atoms with van der Waals surface area (Å²) in [6.07, 6.45) is 2.63. The third kappa shape index (κ3) is 14.1. The van der Waals surface area contributed by atoms with Crippen LogP contribution in [0.1, 0.15) is 86.1 Å². The van der Waals surface area contributed by atoms with Gasteiger partial charge < -0.3 is 24.3 Å². The zero-order chi connectivity index (χ0) is 29.6. The molecule has 2 unspecified atom stereocenters. The van der Waals surface area contributed by atoms with Crippen LogP contribution in [0, 0.1) is 17.3 Å². The van der Waals surface area contributed by atoms with E-state index in [1.807, 2.05) is 48.5 Å². The van der Waals surface area contributed by atoms with Crippen LogP contribution < -0.4 is 14.8 Å². The van der Waals surface area contributed by atoms with Crippen LogP contribution >= 0.6 is 0 Å². The highest BCUT2D eigenvalue weighted by molar-refractivity contribution is 5.77. The van der Waals surface area contributed by atoms with Crippen molar-refractivity contribution in [1.82, 2.24) is 5.32 Å². The molecule has 0 bridgehead atoms. The van der Waals surface area contributed by atoms with Crippen molar-refractivity contribution in [2.75, 3.05) is 20.3 Å². The third-order valence-corrected chi connectivity index (χ3v) is 6.24. The van der Waals surface area contributed by atoms with Crippen LogP contribution in [0.2, 0.25) is 0 Å². The Kier molecular flexibility index (Phi) is 14.8. The molecule has 9 nitrogen and oxygen atoms in total. The van der Waals surface area contributed by atoms with Crippen LogP contribution in [0.25, 0.3) is 0 Å². The van der Waals surface area contributed by atoms with Crippen molar-refractivity contribution in [3.8, 4) is 11.5 Å². The van der Waals surface area contributed by atoms with Gasteiger partial charge in [-0.25, -0.2) is 0 Å². The molecule has 1 aromatic rings. The minimum absolute atomic E-state index is 0.103. The highest BCUT2D eigenvalue weighted by Gasteiger charge is 2.23. The Morgan fingerprint density at radius 2 is 1.44 bits per heavy atom. The number of rotatable bonds is 16. The molecule has 1 N–H and O–H groups in total. The van der Waals surface area contributed by atoms with Crippen molar-refractivity contribution in [3.05, 3.63) is 23.8 Å². The van der Waals surface area contributed by atoms with E-state index in [1.165, 1.54) is 7.11 Å². The van der Waals surface area contributed by atoms with E-state index in [0.29, 0.717) is 12.0 Å². The predicted octanol–water partition coefficient (Wildman–Crippen LogP) is 5.02. The smallest absolute Gasteiger partial charge is 0.323 e. The topological polar surface area (TPSA) is 117 Å². The molecule has 3 atom stereocenters. The summed E-state index contributed by atoms with van der Waals surface area (Å²) >= 11 is 0. The molecule has 0 aliphatic carbocycles. The van der Waals surface area contributed by atoms with Crippen molar-refractivity contribution in [3.63, 3.8) is 0 Å². The number of methoxy groups -OCH3 is 1. The summed E-state index contributed by atoms with van der Waals surface area (Å²) in [7, 11) is 1.29. The zero-order valence-corrected chi connectivity index (χ0v) is 24.9. The molecule has 0 fully saturated rings. The summed E-state index contributed by atoms with van der Waals surface area (Å²) in [5, 5.41) is 3.06. The maximum Gasteiger partial charge on any atom is 0.323 e. The average Bonchev–Trinajstić information content (AvgIpc) is 2.85. The van der Waals surface area contributed by atoms with E-state index in [4.69, 9.17) is 18.9 Å². The van der Waals surface area contributed by atoms with E-state index in [2.05, 4.69) is 5.32 Å². The maximum absolute atomic E-state index is 12.6. The van der Waals surface area contributed by atoms with Crippen LogP contribution in [0.4, 0.5) is 0 Å². The number of nitrogens with one attached hydrogen (secondary N) is 1. The van der Waals surface area contributed by atoms with Crippen LogP contribution in [0.15, 0.2) is 18.2 Å². The van der Waals surface area contributed by atoms with Crippen LogP contribution in [0.5, 0.6) is 11.5 Å². The molecule has 0 heterocycles. The molecule has 0 spiro atoms. The monoisotopic (exact) mass is 549 g/mol. The quantitative estimate of drug-likeness (QED) is 0.172. The SMILES string of the molecule is CCC(C)CC(=O)Oc1ccc(C[C@H](NCCOC(=O)CC(C)(C)C)C(=O)OC)cc1OC(=O)CC(C)CC. The molecule has 1 rings (SSSR count). The molecule has 220 valence electrons. The molecule has 39 heavy (non-hydrogen) atoms. The fraction of sp³-hybridized carbons (Fsp3) is 0.667. The van der Waals surface area contributed by atoms with E-state index in [0.717, 1.165) is 12.8 Å². The summed E-state index contributed by atoms with van der Waals surface area (Å²) in [5.41, 5.74) is 0.486. The molecular weight excluding hydrogens is 502 g/mol. The van der Waals surface area contributed by atoms with Gasteiger partial charge >= 0.3 is 23.9 Å². The lowest BCUT2D eigenvalue weighted by molar-refractivity contribution is -0.145. The van der Waals surface area contributed by atoms with E-state index >= 15 is 0 Å². The van der Waals surface area contributed by atoms with Gasteiger partial charge in [0.2, 0.25) is 0 Å². The number of esters is 4. The van der Waals surface area contributed by atoms with Crippen molar-refractivity contribution in [2.45, 2.75) is 93.0 Å². The van der Waals surface area contributed by atoms with Gasteiger partial charge in [-0.15, -0.1) is 0 Å². The maximum atomic E-state index is 12.6. The summed E-state index contributed by atoms with van der Waals surface area (Å²) in [5.74, 6) is -1.06. The first kappa shape index (κ1) is 34.1. The van der Waals surface area contributed by atoms with Gasteiger partial charge in [0.1, 0.15) is 12.6 Å². The summed E-state index contributed by atoms with van der Waals surface area (Å²) in [6.45, 7) is 14.1. The molecule has 0 radical (unpaired) electrons. The Bertz CT molecular complexity index is 953. The molecule has 9 heteroatoms. The van der Waals surface area contributed by atoms with Crippen molar-refractivity contribution in [1.29, 1.82) is 0 Å². The second-order valence-electron chi connectivity index (χ2n) is 11.4. The normalized spacial score (nSPS) is 13.6. The number of hydrogen-bond donors (Lipinski definition) is 1. The third-order valence-electron chi connectivity index (χ3n) is 6.24. The minimum atomic E-state index is -0.737. The van der Waals surface area contributed by atoms with Gasteiger partial charge in [-0.05, 0) is 41.4 Å². The van der Waals surface area contributed by atoms with Gasteiger partial charge in [0.25, 0.3) is 0 Å². The number of carbonyl (C=O) groups is 4. The Balaban J connectivity index is 3.01. The van der Waals surface area contributed by atoms with Crippen molar-refractivity contribution >= 4 is 23.9 Å². The zero-order valence-electron chi connectivity index (χ0n) is 24.9. The Labute approximate surface area is 233 Å². The van der Waals surface area contributed by atoms with Crippen LogP contribution in [0.3, 0.4) is 0 Å². The lowest BCUT2D eigenvalue weighted by atomic mass is 9.93. The van der Waals surface area contributed by atoms with E-state index in [-0.39, 0.29) is 67.1 Å². The summed E-state index contributed by atoms with van der Waals surface area (Å²) < 4.78 is 21.4. The predicted molar refractivity (Wildman–Crippen MR) is 148 cm³/mol. The molecule has 0 aliphatic heterocycles. The lowest BCUT2D eigenvalue weighted by Gasteiger charge is -2.19. The fourth-order valence-electron chi connectivity index (χ4n) is 3.53. The Morgan fingerprint density at radius 1 is 0.872 bits per heavy atom. The minimum Gasteiger partial charge on any atom is -0.468 e. The van der Waals surface area contributed by atoms with Crippen molar-refractivity contribution < 1.29 is 38.1 Å². The van der Waals surface area contributed by atoms with Gasteiger partial charge in [-0.2, -0.15) is 0 Å². The second kappa shape index (κ2) is 16.9. The van der Waals surface area contributed by atoms with Gasteiger partial charge in [0.15, 0.2) is 11.5 Å². The van der Waals surface area contributed by atoms with Gasteiger partial charge in [-0.1, -0.05) is 67.4 Å². The molecule has 0 aliphatic rings. The molecule has 0 saturated carbocycles. The fourth-order valence-corrected chi connectivity index (χ4v) is 3.53. The van der Waals surface area contributed by atoms with Crippen LogP contribution in [-0.2, 0) is 35.1 Å². The number of carbonyl (C=O) groups excluding carboxylic acids is 4. The number of hydrogen-bond acceptors (Lipinski definition) is 9. The molecule has 0 saturated heterocycles. The first-order valence-electron chi connectivity index (χ1n) is 13.8. The van der Waals surface area contributed by atoms with Crippen molar-refractivity contribution in [2.24, 2.45) is 17.3 Å².